The number of carbonyl (C=O) groups excluding carboxylic acids is 1. The standard InChI is InChI=1S/C22H28N4O3S/c27-22(20-16-24-25-21(20)18-7-3-1-4-8-18)23-15-17-11-13-26(14-12-17)30(28,29)19-9-5-2-6-10-19/h1-10,17,20-21,24-25H,11-16H2,(H,23,27). The first-order chi connectivity index (χ1) is 14.6. The molecule has 0 spiro atoms. The molecular weight excluding hydrogens is 400 g/mol. The van der Waals surface area contributed by atoms with E-state index >= 15 is 0 Å². The first-order valence-corrected chi connectivity index (χ1v) is 11.9. The van der Waals surface area contributed by atoms with E-state index in [0.717, 1.165) is 18.4 Å². The first-order valence-electron chi connectivity index (χ1n) is 10.4. The molecule has 0 aromatic heterocycles. The number of hydrogen-bond acceptors (Lipinski definition) is 5. The maximum atomic E-state index is 12.8. The van der Waals surface area contributed by atoms with Crippen LogP contribution in [0, 0.1) is 11.8 Å². The van der Waals surface area contributed by atoms with Crippen LogP contribution in [0.15, 0.2) is 65.6 Å². The summed E-state index contributed by atoms with van der Waals surface area (Å²) < 4.78 is 27.0. The number of piperidine rings is 1. The Balaban J connectivity index is 1.28. The van der Waals surface area contributed by atoms with E-state index in [-0.39, 0.29) is 23.8 Å². The van der Waals surface area contributed by atoms with E-state index in [1.54, 1.807) is 28.6 Å². The Bertz CT molecular complexity index is 945. The van der Waals surface area contributed by atoms with E-state index in [4.69, 9.17) is 0 Å². The number of hydrazine groups is 1. The van der Waals surface area contributed by atoms with E-state index in [1.807, 2.05) is 36.4 Å². The summed E-state index contributed by atoms with van der Waals surface area (Å²) in [5.74, 6) is 0.139. The van der Waals surface area contributed by atoms with E-state index in [1.165, 1.54) is 0 Å². The van der Waals surface area contributed by atoms with Crippen LogP contribution in [0.3, 0.4) is 0 Å². The van der Waals surface area contributed by atoms with Gasteiger partial charge in [0.05, 0.1) is 16.9 Å². The summed E-state index contributed by atoms with van der Waals surface area (Å²) in [6.07, 6.45) is 1.49. The van der Waals surface area contributed by atoms with Crippen LogP contribution >= 0.6 is 0 Å². The van der Waals surface area contributed by atoms with Crippen molar-refractivity contribution in [1.29, 1.82) is 0 Å². The average molecular weight is 429 g/mol. The van der Waals surface area contributed by atoms with Crippen LogP contribution in [-0.2, 0) is 14.8 Å². The predicted molar refractivity (Wildman–Crippen MR) is 115 cm³/mol. The molecule has 1 amide bonds. The zero-order valence-corrected chi connectivity index (χ0v) is 17.6. The van der Waals surface area contributed by atoms with Crippen LogP contribution in [-0.4, -0.2) is 44.8 Å². The van der Waals surface area contributed by atoms with Gasteiger partial charge in [-0.2, -0.15) is 4.31 Å². The molecule has 2 aromatic rings. The highest BCUT2D eigenvalue weighted by atomic mass is 32.2. The summed E-state index contributed by atoms with van der Waals surface area (Å²) >= 11 is 0. The Labute approximate surface area is 177 Å². The Morgan fingerprint density at radius 1 is 1.00 bits per heavy atom. The Morgan fingerprint density at radius 2 is 1.63 bits per heavy atom. The van der Waals surface area contributed by atoms with Crippen molar-refractivity contribution in [3.05, 3.63) is 66.2 Å². The van der Waals surface area contributed by atoms with Gasteiger partial charge < -0.3 is 5.32 Å². The molecule has 0 aliphatic carbocycles. The van der Waals surface area contributed by atoms with Crippen LogP contribution in [0.25, 0.3) is 0 Å². The van der Waals surface area contributed by atoms with Gasteiger partial charge in [0.2, 0.25) is 15.9 Å². The van der Waals surface area contributed by atoms with Gasteiger partial charge in [-0.3, -0.25) is 10.2 Å². The summed E-state index contributed by atoms with van der Waals surface area (Å²) in [6, 6.07) is 18.5. The Kier molecular flexibility index (Phi) is 6.48. The lowest BCUT2D eigenvalue weighted by Gasteiger charge is -2.31. The van der Waals surface area contributed by atoms with Crippen LogP contribution in [0.1, 0.15) is 24.4 Å². The van der Waals surface area contributed by atoms with Crippen LogP contribution in [0.2, 0.25) is 0 Å². The molecule has 7 nitrogen and oxygen atoms in total. The van der Waals surface area contributed by atoms with Crippen molar-refractivity contribution in [3.63, 3.8) is 0 Å². The molecule has 2 aromatic carbocycles. The Morgan fingerprint density at radius 3 is 2.30 bits per heavy atom. The van der Waals surface area contributed by atoms with E-state index in [0.29, 0.717) is 31.1 Å². The van der Waals surface area contributed by atoms with E-state index in [9.17, 15) is 13.2 Å². The molecule has 2 heterocycles. The molecular formula is C22H28N4O3S. The monoisotopic (exact) mass is 428 g/mol. The lowest BCUT2D eigenvalue weighted by Crippen LogP contribution is -2.43. The minimum absolute atomic E-state index is 0.0284. The fraction of sp³-hybridized carbons (Fsp3) is 0.409. The predicted octanol–water partition coefficient (Wildman–Crippen LogP) is 1.67. The summed E-state index contributed by atoms with van der Waals surface area (Å²) in [7, 11) is -3.44. The third kappa shape index (κ3) is 4.57. The van der Waals surface area contributed by atoms with E-state index in [2.05, 4.69) is 16.2 Å². The number of amides is 1. The van der Waals surface area contributed by atoms with Gasteiger partial charge in [-0.05, 0) is 36.5 Å². The lowest BCUT2D eigenvalue weighted by atomic mass is 9.93. The van der Waals surface area contributed by atoms with Crippen molar-refractivity contribution in [2.45, 2.75) is 23.8 Å². The molecule has 0 bridgehead atoms. The van der Waals surface area contributed by atoms with Crippen LogP contribution in [0.5, 0.6) is 0 Å². The number of nitrogens with one attached hydrogen (secondary N) is 3. The van der Waals surface area contributed by atoms with Gasteiger partial charge in [0, 0.05) is 26.2 Å². The summed E-state index contributed by atoms with van der Waals surface area (Å²) in [6.45, 7) is 2.13. The second kappa shape index (κ2) is 9.26. The number of carbonyl (C=O) groups is 1. The van der Waals surface area contributed by atoms with Crippen molar-refractivity contribution < 1.29 is 13.2 Å². The maximum Gasteiger partial charge on any atom is 0.243 e. The largest absolute Gasteiger partial charge is 0.355 e. The van der Waals surface area contributed by atoms with Crippen molar-refractivity contribution >= 4 is 15.9 Å². The lowest BCUT2D eigenvalue weighted by molar-refractivity contribution is -0.125. The van der Waals surface area contributed by atoms with Gasteiger partial charge in [-0.25, -0.2) is 13.8 Å². The summed E-state index contributed by atoms with van der Waals surface area (Å²) in [5.41, 5.74) is 7.37. The molecule has 2 aliphatic rings. The molecule has 0 radical (unpaired) electrons. The summed E-state index contributed by atoms with van der Waals surface area (Å²) in [5, 5.41) is 3.09. The molecule has 30 heavy (non-hydrogen) atoms. The molecule has 2 atom stereocenters. The van der Waals surface area contributed by atoms with Gasteiger partial charge in [0.25, 0.3) is 0 Å². The number of hydrogen-bond donors (Lipinski definition) is 3. The zero-order valence-electron chi connectivity index (χ0n) is 16.8. The minimum atomic E-state index is -3.44. The van der Waals surface area contributed by atoms with Crippen molar-refractivity contribution in [1.82, 2.24) is 20.5 Å². The van der Waals surface area contributed by atoms with Gasteiger partial charge >= 0.3 is 0 Å². The normalized spacial score (nSPS) is 23.3. The topological polar surface area (TPSA) is 90.5 Å². The SMILES string of the molecule is O=C(NCC1CCN(S(=O)(=O)c2ccccc2)CC1)C1CNNC1c1ccccc1. The van der Waals surface area contributed by atoms with Crippen LogP contribution in [0.4, 0.5) is 0 Å². The third-order valence-electron chi connectivity index (χ3n) is 6.00. The smallest absolute Gasteiger partial charge is 0.243 e. The average Bonchev–Trinajstić information content (AvgIpc) is 3.29. The van der Waals surface area contributed by atoms with Crippen molar-refractivity contribution in [3.8, 4) is 0 Å². The Hall–Kier alpha value is -2.26. The fourth-order valence-corrected chi connectivity index (χ4v) is 5.68. The molecule has 2 aliphatic heterocycles. The summed E-state index contributed by atoms with van der Waals surface area (Å²) in [4.78, 5) is 13.1. The highest BCUT2D eigenvalue weighted by Crippen LogP contribution is 2.26. The quantitative estimate of drug-likeness (QED) is 0.651. The van der Waals surface area contributed by atoms with E-state index < -0.39 is 10.0 Å². The number of sulfonamides is 1. The number of benzene rings is 2. The molecule has 8 heteroatoms. The first kappa shape index (κ1) is 21.0. The zero-order chi connectivity index (χ0) is 21.0. The molecule has 2 saturated heterocycles. The molecule has 2 unspecified atom stereocenters. The van der Waals surface area contributed by atoms with Gasteiger partial charge in [0.1, 0.15) is 0 Å². The van der Waals surface area contributed by atoms with Gasteiger partial charge in [-0.1, -0.05) is 48.5 Å². The van der Waals surface area contributed by atoms with Crippen molar-refractivity contribution in [2.24, 2.45) is 11.8 Å². The van der Waals surface area contributed by atoms with Gasteiger partial charge in [0.15, 0.2) is 0 Å². The highest BCUT2D eigenvalue weighted by Gasteiger charge is 2.34. The highest BCUT2D eigenvalue weighted by molar-refractivity contribution is 7.89. The van der Waals surface area contributed by atoms with Crippen LogP contribution < -0.4 is 16.2 Å². The fourth-order valence-electron chi connectivity index (χ4n) is 4.19. The number of nitrogens with zero attached hydrogens (tertiary/aromatic N) is 1. The molecule has 3 N–H and O–H groups in total. The second-order valence-corrected chi connectivity index (χ2v) is 9.86. The number of rotatable bonds is 6. The molecule has 160 valence electrons. The van der Waals surface area contributed by atoms with Gasteiger partial charge in [-0.15, -0.1) is 0 Å². The van der Waals surface area contributed by atoms with Crippen molar-refractivity contribution in [2.75, 3.05) is 26.2 Å². The minimum Gasteiger partial charge on any atom is -0.355 e. The maximum absolute atomic E-state index is 12.8. The molecule has 2 fully saturated rings. The molecule has 4 rings (SSSR count). The third-order valence-corrected chi connectivity index (χ3v) is 7.91. The molecule has 0 saturated carbocycles. The second-order valence-electron chi connectivity index (χ2n) is 7.93.